The highest BCUT2D eigenvalue weighted by Gasteiger charge is 2.30. The molecule has 0 bridgehead atoms. The Bertz CT molecular complexity index is 612. The Balaban J connectivity index is 3.34. The summed E-state index contributed by atoms with van der Waals surface area (Å²) < 4.78 is 0. The number of hydrogen-bond donors (Lipinski definition) is 2. The number of hydrogen-bond acceptors (Lipinski definition) is 2. The van der Waals surface area contributed by atoms with Gasteiger partial charge in [-0.05, 0) is 46.3 Å². The van der Waals surface area contributed by atoms with E-state index < -0.39 is 5.97 Å². The molecule has 28 heavy (non-hydrogen) atoms. The normalized spacial score (nSPS) is 14.7. The lowest BCUT2D eigenvalue weighted by Gasteiger charge is -2.29. The maximum Gasteiger partial charge on any atom is 0.307 e. The van der Waals surface area contributed by atoms with Gasteiger partial charge in [0, 0.05) is 0 Å². The molecule has 0 heterocycles. The van der Waals surface area contributed by atoms with Crippen LogP contribution in [0.15, 0.2) is 12.1 Å². The van der Waals surface area contributed by atoms with E-state index in [1.54, 1.807) is 0 Å². The van der Waals surface area contributed by atoms with Crippen LogP contribution in [-0.4, -0.2) is 16.2 Å². The molecule has 0 spiro atoms. The predicted molar refractivity (Wildman–Crippen MR) is 118 cm³/mol. The zero-order valence-corrected chi connectivity index (χ0v) is 19.4. The molecule has 2 N–H and O–H groups in total. The summed E-state index contributed by atoms with van der Waals surface area (Å²) in [7, 11) is 0. The molecular formula is C25H42O3. The molecule has 0 aliphatic heterocycles. The minimum atomic E-state index is -0.703. The Labute approximate surface area is 172 Å². The van der Waals surface area contributed by atoms with E-state index in [2.05, 4.69) is 55.4 Å². The van der Waals surface area contributed by atoms with Crippen LogP contribution in [0.2, 0.25) is 0 Å². The predicted octanol–water partition coefficient (Wildman–Crippen LogP) is 6.84. The molecule has 0 radical (unpaired) electrons. The van der Waals surface area contributed by atoms with Crippen LogP contribution in [0, 0.1) is 11.8 Å². The standard InChI is InChI=1S/C25H42O3/c1-9-11-12-13-18(10-2)19(23(27)28)14-17-15-20(24(3,4)5)22(26)21(16-17)25(6,7)8/h15-16,18-19,26H,9-14H2,1-8H3,(H,27,28). The van der Waals surface area contributed by atoms with Gasteiger partial charge in [0.05, 0.1) is 5.92 Å². The van der Waals surface area contributed by atoms with Crippen LogP contribution in [-0.2, 0) is 22.0 Å². The summed E-state index contributed by atoms with van der Waals surface area (Å²) >= 11 is 0. The van der Waals surface area contributed by atoms with Gasteiger partial charge in [0.25, 0.3) is 0 Å². The second-order valence-corrected chi connectivity index (χ2v) is 10.4. The molecule has 0 saturated heterocycles. The van der Waals surface area contributed by atoms with Crippen LogP contribution in [0.3, 0.4) is 0 Å². The number of rotatable bonds is 9. The smallest absolute Gasteiger partial charge is 0.307 e. The van der Waals surface area contributed by atoms with Gasteiger partial charge < -0.3 is 10.2 Å². The lowest BCUT2D eigenvalue weighted by atomic mass is 9.76. The van der Waals surface area contributed by atoms with Gasteiger partial charge in [0.1, 0.15) is 5.75 Å². The minimum Gasteiger partial charge on any atom is -0.507 e. The van der Waals surface area contributed by atoms with Crippen molar-refractivity contribution in [2.75, 3.05) is 0 Å². The molecular weight excluding hydrogens is 348 g/mol. The van der Waals surface area contributed by atoms with E-state index in [1.165, 1.54) is 0 Å². The van der Waals surface area contributed by atoms with Gasteiger partial charge in [-0.15, -0.1) is 0 Å². The fraction of sp³-hybridized carbons (Fsp3) is 0.720. The van der Waals surface area contributed by atoms with Crippen molar-refractivity contribution >= 4 is 5.97 Å². The van der Waals surface area contributed by atoms with Crippen LogP contribution >= 0.6 is 0 Å². The van der Waals surface area contributed by atoms with Crippen molar-refractivity contribution in [3.05, 3.63) is 28.8 Å². The lowest BCUT2D eigenvalue weighted by molar-refractivity contribution is -0.143. The first kappa shape index (κ1) is 24.5. The Kier molecular flexibility index (Phi) is 8.59. The van der Waals surface area contributed by atoms with E-state index in [4.69, 9.17) is 0 Å². The van der Waals surface area contributed by atoms with E-state index >= 15 is 0 Å². The highest BCUT2D eigenvalue weighted by molar-refractivity contribution is 5.71. The minimum absolute atomic E-state index is 0.189. The van der Waals surface area contributed by atoms with Crippen molar-refractivity contribution in [2.45, 2.75) is 105 Å². The molecule has 2 atom stereocenters. The Morgan fingerprint density at radius 1 is 0.964 bits per heavy atom. The summed E-state index contributed by atoms with van der Waals surface area (Å²) in [5.74, 6) is -0.544. The first-order chi connectivity index (χ1) is 12.8. The number of unbranched alkanes of at least 4 members (excludes halogenated alkanes) is 2. The Morgan fingerprint density at radius 3 is 1.82 bits per heavy atom. The molecule has 0 amide bonds. The maximum atomic E-state index is 12.1. The second kappa shape index (κ2) is 9.80. The number of carboxylic acid groups (broad SMARTS) is 1. The molecule has 160 valence electrons. The third-order valence-electron chi connectivity index (χ3n) is 5.83. The second-order valence-electron chi connectivity index (χ2n) is 10.4. The average molecular weight is 391 g/mol. The fourth-order valence-electron chi connectivity index (χ4n) is 4.01. The quantitative estimate of drug-likeness (QED) is 0.454. The summed E-state index contributed by atoms with van der Waals surface area (Å²) in [5.41, 5.74) is 2.42. The molecule has 0 saturated carbocycles. The topological polar surface area (TPSA) is 57.5 Å². The van der Waals surface area contributed by atoms with Gasteiger partial charge in [-0.1, -0.05) is 93.2 Å². The molecule has 1 rings (SSSR count). The number of benzene rings is 1. The first-order valence-electron chi connectivity index (χ1n) is 10.9. The van der Waals surface area contributed by atoms with Gasteiger partial charge in [-0.3, -0.25) is 4.79 Å². The lowest BCUT2D eigenvalue weighted by Crippen LogP contribution is -2.26. The van der Waals surface area contributed by atoms with Gasteiger partial charge in [0.2, 0.25) is 0 Å². The summed E-state index contributed by atoms with van der Waals surface area (Å²) in [6.45, 7) is 16.8. The van der Waals surface area contributed by atoms with Crippen LogP contribution in [0.1, 0.15) is 104 Å². The maximum absolute atomic E-state index is 12.1. The Morgan fingerprint density at radius 2 is 1.46 bits per heavy atom. The third-order valence-corrected chi connectivity index (χ3v) is 5.83. The number of phenolic OH excluding ortho intramolecular Hbond substituents is 1. The highest BCUT2D eigenvalue weighted by atomic mass is 16.4. The van der Waals surface area contributed by atoms with Crippen molar-refractivity contribution in [1.82, 2.24) is 0 Å². The average Bonchev–Trinajstić information content (AvgIpc) is 2.56. The van der Waals surface area contributed by atoms with Crippen LogP contribution in [0.4, 0.5) is 0 Å². The van der Waals surface area contributed by atoms with Crippen LogP contribution in [0.5, 0.6) is 5.75 Å². The molecule has 1 aromatic carbocycles. The van der Waals surface area contributed by atoms with Crippen molar-refractivity contribution < 1.29 is 15.0 Å². The van der Waals surface area contributed by atoms with Gasteiger partial charge in [-0.25, -0.2) is 0 Å². The van der Waals surface area contributed by atoms with Crippen molar-refractivity contribution in [1.29, 1.82) is 0 Å². The van der Waals surface area contributed by atoms with Gasteiger partial charge in [-0.2, -0.15) is 0 Å². The van der Waals surface area contributed by atoms with Gasteiger partial charge >= 0.3 is 5.97 Å². The van der Waals surface area contributed by atoms with E-state index in [0.29, 0.717) is 12.2 Å². The molecule has 2 unspecified atom stereocenters. The molecule has 3 nitrogen and oxygen atoms in total. The van der Waals surface area contributed by atoms with Crippen LogP contribution in [0.25, 0.3) is 0 Å². The molecule has 0 aliphatic rings. The van der Waals surface area contributed by atoms with Crippen molar-refractivity contribution in [3.63, 3.8) is 0 Å². The van der Waals surface area contributed by atoms with E-state index in [-0.39, 0.29) is 22.7 Å². The van der Waals surface area contributed by atoms with E-state index in [0.717, 1.165) is 48.8 Å². The zero-order chi connectivity index (χ0) is 21.7. The van der Waals surface area contributed by atoms with Crippen molar-refractivity contribution in [3.8, 4) is 5.75 Å². The largest absolute Gasteiger partial charge is 0.507 e. The number of carboxylic acids is 1. The Hall–Kier alpha value is -1.51. The monoisotopic (exact) mass is 390 g/mol. The van der Waals surface area contributed by atoms with Crippen molar-refractivity contribution in [2.24, 2.45) is 11.8 Å². The summed E-state index contributed by atoms with van der Waals surface area (Å²) in [5, 5.41) is 20.9. The molecule has 0 fully saturated rings. The summed E-state index contributed by atoms with van der Waals surface area (Å²) in [6, 6.07) is 4.05. The zero-order valence-electron chi connectivity index (χ0n) is 19.4. The number of aliphatic carboxylic acids is 1. The number of aromatic hydroxyl groups is 1. The number of carbonyl (C=O) groups is 1. The fourth-order valence-corrected chi connectivity index (χ4v) is 4.01. The summed E-state index contributed by atoms with van der Waals surface area (Å²) in [4.78, 5) is 12.1. The SMILES string of the molecule is CCCCCC(CC)C(Cc1cc(C(C)(C)C)c(O)c(C(C)(C)C)c1)C(=O)O. The molecule has 0 aliphatic carbocycles. The first-order valence-corrected chi connectivity index (χ1v) is 10.9. The highest BCUT2D eigenvalue weighted by Crippen LogP contribution is 2.40. The number of phenols is 1. The third kappa shape index (κ3) is 6.53. The molecule has 0 aromatic heterocycles. The van der Waals surface area contributed by atoms with Gasteiger partial charge in [0.15, 0.2) is 0 Å². The summed E-state index contributed by atoms with van der Waals surface area (Å²) in [6.07, 6.45) is 5.77. The van der Waals surface area contributed by atoms with E-state index in [1.807, 2.05) is 12.1 Å². The van der Waals surface area contributed by atoms with Crippen LogP contribution < -0.4 is 0 Å². The molecule has 3 heteroatoms. The van der Waals surface area contributed by atoms with E-state index in [9.17, 15) is 15.0 Å². The molecule has 1 aromatic rings.